The van der Waals surface area contributed by atoms with Gasteiger partial charge in [-0.3, -0.25) is 4.90 Å². The van der Waals surface area contributed by atoms with Crippen LogP contribution in [0.4, 0.5) is 28.2 Å². The molecular weight excluding hydrogens is 476 g/mol. The van der Waals surface area contributed by atoms with Gasteiger partial charge in [-0.25, -0.2) is 19.2 Å². The minimum Gasteiger partial charge on any atom is -0.351 e. The van der Waals surface area contributed by atoms with E-state index in [0.717, 1.165) is 50.4 Å². The fourth-order valence-electron chi connectivity index (χ4n) is 6.00. The molecule has 0 unspecified atom stereocenters. The van der Waals surface area contributed by atoms with Gasteiger partial charge < -0.3 is 15.1 Å². The summed E-state index contributed by atoms with van der Waals surface area (Å²) >= 11 is 0. The number of carbonyl (C=O) groups excluding carboxylic acids is 1. The molecule has 2 atom stereocenters. The van der Waals surface area contributed by atoms with Gasteiger partial charge in [0.25, 0.3) is 0 Å². The van der Waals surface area contributed by atoms with Crippen molar-refractivity contribution in [3.8, 4) is 0 Å². The summed E-state index contributed by atoms with van der Waals surface area (Å²) in [6, 6.07) is 6.37. The maximum absolute atomic E-state index is 13.1. The zero-order valence-electron chi connectivity index (χ0n) is 20.3. The van der Waals surface area contributed by atoms with Crippen molar-refractivity contribution in [2.45, 2.75) is 57.5 Å². The number of carbonyl (C=O) groups is 1. The van der Waals surface area contributed by atoms with Gasteiger partial charge in [0, 0.05) is 50.8 Å². The summed E-state index contributed by atoms with van der Waals surface area (Å²) in [5, 5.41) is 3.18. The molecule has 3 heterocycles. The first-order valence-corrected chi connectivity index (χ1v) is 12.2. The third-order valence-corrected chi connectivity index (χ3v) is 7.53. The molecule has 1 spiro atoms. The highest BCUT2D eigenvalue weighted by molar-refractivity contribution is 5.76. The van der Waals surface area contributed by atoms with Gasteiger partial charge in [-0.1, -0.05) is 12.1 Å². The smallest absolute Gasteiger partial charge is 0.351 e. The maximum Gasteiger partial charge on any atom is 0.434 e. The number of rotatable bonds is 4. The van der Waals surface area contributed by atoms with Crippen molar-refractivity contribution in [3.05, 3.63) is 53.7 Å². The minimum absolute atomic E-state index is 0.101. The average molecular weight is 507 g/mol. The molecule has 2 aromatic rings. The Kier molecular flexibility index (Phi) is 6.30. The van der Waals surface area contributed by atoms with Crippen molar-refractivity contribution >= 4 is 11.8 Å². The highest BCUT2D eigenvalue weighted by Crippen LogP contribution is 2.48. The molecule has 1 N–H and O–H groups in total. The first-order valence-electron chi connectivity index (χ1n) is 12.2. The molecule has 3 fully saturated rings. The van der Waals surface area contributed by atoms with Crippen LogP contribution in [0.1, 0.15) is 37.9 Å². The van der Waals surface area contributed by atoms with E-state index in [-0.39, 0.29) is 35.4 Å². The van der Waals surface area contributed by atoms with E-state index in [1.807, 2.05) is 35.8 Å². The van der Waals surface area contributed by atoms with Gasteiger partial charge in [0.05, 0.1) is 12.4 Å². The lowest BCUT2D eigenvalue weighted by molar-refractivity contribution is -0.141. The standard InChI is InChI=1S/C25H30F4N6O/c1-16-11-34(22-10-30-21(9-31-22)25(27,28)29)12-17(2)35(16)23(36)32-20-7-24(8-20)14-33(15-24)13-18-3-5-19(26)6-4-18/h3-6,9-10,16-17,20H,7-8,11-15H2,1-2H3,(H,32,36)/t16-,17-/m1/s1. The van der Waals surface area contributed by atoms with Crippen LogP contribution in [0.5, 0.6) is 0 Å². The largest absolute Gasteiger partial charge is 0.434 e. The maximum atomic E-state index is 13.1. The zero-order valence-corrected chi connectivity index (χ0v) is 20.3. The number of piperazine rings is 1. The number of anilines is 1. The molecule has 1 aliphatic carbocycles. The summed E-state index contributed by atoms with van der Waals surface area (Å²) in [5.74, 6) is 0.146. The van der Waals surface area contributed by atoms with Crippen LogP contribution in [0.25, 0.3) is 0 Å². The van der Waals surface area contributed by atoms with E-state index in [1.54, 1.807) is 0 Å². The van der Waals surface area contributed by atoms with E-state index in [4.69, 9.17) is 0 Å². The Morgan fingerprint density at radius 2 is 1.69 bits per heavy atom. The Bertz CT molecular complexity index is 1070. The first kappa shape index (κ1) is 24.7. The second kappa shape index (κ2) is 9.17. The van der Waals surface area contributed by atoms with Gasteiger partial charge in [-0.15, -0.1) is 0 Å². The van der Waals surface area contributed by atoms with Crippen LogP contribution in [0.2, 0.25) is 0 Å². The van der Waals surface area contributed by atoms with Crippen LogP contribution in [-0.2, 0) is 12.7 Å². The van der Waals surface area contributed by atoms with E-state index < -0.39 is 11.9 Å². The molecular formula is C25H30F4N6O. The molecule has 11 heteroatoms. The lowest BCUT2D eigenvalue weighted by Crippen LogP contribution is -2.68. The van der Waals surface area contributed by atoms with Crippen LogP contribution in [0.3, 0.4) is 0 Å². The molecule has 2 saturated heterocycles. The van der Waals surface area contributed by atoms with Crippen LogP contribution < -0.4 is 10.2 Å². The number of urea groups is 1. The SMILES string of the molecule is C[C@@H]1CN(c2cnc(C(F)(F)F)cn2)C[C@@H](C)N1C(=O)NC1CC2(C1)CN(Cc1ccc(F)cc1)C2. The molecule has 5 rings (SSSR count). The third kappa shape index (κ3) is 4.98. The van der Waals surface area contributed by atoms with Crippen LogP contribution in [0, 0.1) is 11.2 Å². The van der Waals surface area contributed by atoms with E-state index in [0.29, 0.717) is 18.9 Å². The summed E-state index contributed by atoms with van der Waals surface area (Å²) in [4.78, 5) is 26.6. The van der Waals surface area contributed by atoms with Crippen molar-refractivity contribution in [2.75, 3.05) is 31.1 Å². The van der Waals surface area contributed by atoms with Crippen molar-refractivity contribution < 1.29 is 22.4 Å². The lowest BCUT2D eigenvalue weighted by atomic mass is 9.60. The molecule has 3 aliphatic rings. The number of hydrogen-bond donors (Lipinski definition) is 1. The van der Waals surface area contributed by atoms with Crippen molar-refractivity contribution in [1.29, 1.82) is 0 Å². The number of halogens is 4. The van der Waals surface area contributed by atoms with Gasteiger partial charge in [0.15, 0.2) is 5.69 Å². The summed E-state index contributed by atoms with van der Waals surface area (Å²) in [6.07, 6.45) is -0.740. The summed E-state index contributed by atoms with van der Waals surface area (Å²) in [7, 11) is 0. The predicted molar refractivity (Wildman–Crippen MR) is 126 cm³/mol. The number of nitrogens with one attached hydrogen (secondary N) is 1. The van der Waals surface area contributed by atoms with E-state index >= 15 is 0 Å². The molecule has 36 heavy (non-hydrogen) atoms. The quantitative estimate of drug-likeness (QED) is 0.638. The Hall–Kier alpha value is -2.95. The summed E-state index contributed by atoms with van der Waals surface area (Å²) in [5.41, 5.74) is 0.336. The van der Waals surface area contributed by atoms with Crippen molar-refractivity contribution in [2.24, 2.45) is 5.41 Å². The van der Waals surface area contributed by atoms with Gasteiger partial charge in [-0.05, 0) is 49.8 Å². The summed E-state index contributed by atoms with van der Waals surface area (Å²) < 4.78 is 51.4. The van der Waals surface area contributed by atoms with E-state index in [1.165, 1.54) is 12.1 Å². The van der Waals surface area contributed by atoms with Gasteiger partial charge in [-0.2, -0.15) is 13.2 Å². The number of alkyl halides is 3. The average Bonchev–Trinajstić information content (AvgIpc) is 2.76. The Morgan fingerprint density at radius 3 is 2.25 bits per heavy atom. The summed E-state index contributed by atoms with van der Waals surface area (Å²) in [6.45, 7) is 7.56. The lowest BCUT2D eigenvalue weighted by Gasteiger charge is -2.59. The third-order valence-electron chi connectivity index (χ3n) is 7.53. The highest BCUT2D eigenvalue weighted by Gasteiger charge is 2.52. The highest BCUT2D eigenvalue weighted by atomic mass is 19.4. The van der Waals surface area contributed by atoms with Crippen molar-refractivity contribution in [1.82, 2.24) is 25.1 Å². The molecule has 1 aromatic heterocycles. The zero-order chi connectivity index (χ0) is 25.7. The monoisotopic (exact) mass is 506 g/mol. The molecule has 2 aliphatic heterocycles. The van der Waals surface area contributed by atoms with Gasteiger partial charge in [0.1, 0.15) is 11.6 Å². The Morgan fingerprint density at radius 1 is 1.06 bits per heavy atom. The molecule has 194 valence electrons. The number of amides is 2. The van der Waals surface area contributed by atoms with Gasteiger partial charge >= 0.3 is 12.2 Å². The van der Waals surface area contributed by atoms with Crippen molar-refractivity contribution in [3.63, 3.8) is 0 Å². The fourth-order valence-corrected chi connectivity index (χ4v) is 6.00. The Labute approximate surface area is 207 Å². The normalized spacial score (nSPS) is 24.4. The number of benzene rings is 1. The number of hydrogen-bond acceptors (Lipinski definition) is 5. The predicted octanol–water partition coefficient (Wildman–Crippen LogP) is 3.91. The second-order valence-electron chi connectivity index (χ2n) is 10.6. The number of likely N-dealkylation sites (tertiary alicyclic amines) is 1. The number of nitrogens with zero attached hydrogens (tertiary/aromatic N) is 5. The van der Waals surface area contributed by atoms with Crippen LogP contribution >= 0.6 is 0 Å². The van der Waals surface area contributed by atoms with Crippen LogP contribution in [0.15, 0.2) is 36.7 Å². The molecule has 1 saturated carbocycles. The molecule has 1 aromatic carbocycles. The minimum atomic E-state index is -4.52. The first-order chi connectivity index (χ1) is 17.0. The van der Waals surface area contributed by atoms with Crippen LogP contribution in [-0.4, -0.2) is 70.1 Å². The molecule has 7 nitrogen and oxygen atoms in total. The second-order valence-corrected chi connectivity index (χ2v) is 10.6. The fraction of sp³-hybridized carbons (Fsp3) is 0.560. The van der Waals surface area contributed by atoms with E-state index in [2.05, 4.69) is 20.2 Å². The molecule has 0 radical (unpaired) electrons. The molecule has 2 amide bonds. The topological polar surface area (TPSA) is 64.6 Å². The number of aromatic nitrogens is 2. The molecule has 0 bridgehead atoms. The van der Waals surface area contributed by atoms with Gasteiger partial charge in [0.2, 0.25) is 0 Å². The Balaban J connectivity index is 1.09. The van der Waals surface area contributed by atoms with E-state index in [9.17, 15) is 22.4 Å².